The largest absolute Gasteiger partial charge is 0.367 e. The molecule has 1 unspecified atom stereocenters. The van der Waals surface area contributed by atoms with Crippen molar-refractivity contribution in [2.75, 3.05) is 26.2 Å². The SMILES string of the molecule is CCCN1CCOC([C]=O)C1. The molecule has 0 N–H and O–H groups in total. The second-order valence-corrected chi connectivity index (χ2v) is 2.78. The van der Waals surface area contributed by atoms with E-state index < -0.39 is 0 Å². The first-order chi connectivity index (χ1) is 5.36. The molecule has 0 bridgehead atoms. The van der Waals surface area contributed by atoms with E-state index in [0.29, 0.717) is 6.61 Å². The Bertz CT molecular complexity index is 125. The Balaban J connectivity index is 2.27. The predicted octanol–water partition coefficient (Wildman–Crippen LogP) is 0.207. The molecular formula is C8H14NO2. The molecule has 3 nitrogen and oxygen atoms in total. The van der Waals surface area contributed by atoms with Crippen molar-refractivity contribution in [2.24, 2.45) is 0 Å². The van der Waals surface area contributed by atoms with Crippen LogP contribution in [-0.2, 0) is 9.53 Å². The summed E-state index contributed by atoms with van der Waals surface area (Å²) in [7, 11) is 0. The molecule has 1 aliphatic heterocycles. The molecule has 1 heterocycles. The van der Waals surface area contributed by atoms with E-state index in [9.17, 15) is 4.79 Å². The Morgan fingerprint density at radius 3 is 3.18 bits per heavy atom. The molecular weight excluding hydrogens is 142 g/mol. The van der Waals surface area contributed by atoms with Gasteiger partial charge in [0.25, 0.3) is 0 Å². The number of rotatable bonds is 3. The van der Waals surface area contributed by atoms with E-state index in [2.05, 4.69) is 11.8 Å². The van der Waals surface area contributed by atoms with Crippen molar-refractivity contribution in [1.82, 2.24) is 4.90 Å². The molecule has 0 aliphatic carbocycles. The molecule has 0 amide bonds. The van der Waals surface area contributed by atoms with Gasteiger partial charge in [0, 0.05) is 13.1 Å². The average Bonchev–Trinajstić information content (AvgIpc) is 2.06. The van der Waals surface area contributed by atoms with Gasteiger partial charge in [0.05, 0.1) is 6.61 Å². The third-order valence-corrected chi connectivity index (χ3v) is 1.82. The molecule has 1 fully saturated rings. The lowest BCUT2D eigenvalue weighted by Gasteiger charge is -2.29. The topological polar surface area (TPSA) is 29.5 Å². The summed E-state index contributed by atoms with van der Waals surface area (Å²) in [5.41, 5.74) is 0. The second-order valence-electron chi connectivity index (χ2n) is 2.78. The third-order valence-electron chi connectivity index (χ3n) is 1.82. The van der Waals surface area contributed by atoms with Crippen LogP contribution in [0.4, 0.5) is 0 Å². The van der Waals surface area contributed by atoms with Crippen molar-refractivity contribution in [3.63, 3.8) is 0 Å². The molecule has 0 aromatic carbocycles. The van der Waals surface area contributed by atoms with E-state index in [4.69, 9.17) is 4.74 Å². The predicted molar refractivity (Wildman–Crippen MR) is 42.2 cm³/mol. The fourth-order valence-corrected chi connectivity index (χ4v) is 1.29. The molecule has 1 atom stereocenters. The highest BCUT2D eigenvalue weighted by molar-refractivity contribution is 5.57. The average molecular weight is 156 g/mol. The van der Waals surface area contributed by atoms with Crippen molar-refractivity contribution >= 4 is 6.29 Å². The first kappa shape index (κ1) is 8.68. The third kappa shape index (κ3) is 2.60. The van der Waals surface area contributed by atoms with Crippen LogP contribution in [0.2, 0.25) is 0 Å². The number of nitrogens with zero attached hydrogens (tertiary/aromatic N) is 1. The zero-order valence-corrected chi connectivity index (χ0v) is 6.88. The number of morpholine rings is 1. The highest BCUT2D eigenvalue weighted by Crippen LogP contribution is 2.02. The smallest absolute Gasteiger partial charge is 0.231 e. The first-order valence-electron chi connectivity index (χ1n) is 4.08. The number of ether oxygens (including phenoxy) is 1. The molecule has 0 aromatic rings. The van der Waals surface area contributed by atoms with Crippen molar-refractivity contribution in [3.8, 4) is 0 Å². The van der Waals surface area contributed by atoms with Gasteiger partial charge in [0.1, 0.15) is 6.10 Å². The van der Waals surface area contributed by atoms with Crippen LogP contribution in [0.3, 0.4) is 0 Å². The van der Waals surface area contributed by atoms with Crippen LogP contribution >= 0.6 is 0 Å². The Hall–Kier alpha value is -0.410. The van der Waals surface area contributed by atoms with Gasteiger partial charge in [0.2, 0.25) is 6.29 Å². The van der Waals surface area contributed by atoms with Gasteiger partial charge in [-0.3, -0.25) is 9.69 Å². The van der Waals surface area contributed by atoms with E-state index in [1.54, 1.807) is 0 Å². The minimum absolute atomic E-state index is 0.310. The zero-order valence-electron chi connectivity index (χ0n) is 6.88. The second kappa shape index (κ2) is 4.46. The number of hydrogen-bond donors (Lipinski definition) is 0. The maximum atomic E-state index is 10.2. The Labute approximate surface area is 67.3 Å². The summed E-state index contributed by atoms with van der Waals surface area (Å²) in [6.07, 6.45) is 2.70. The van der Waals surface area contributed by atoms with Gasteiger partial charge >= 0.3 is 0 Å². The highest BCUT2D eigenvalue weighted by atomic mass is 16.5. The normalized spacial score (nSPS) is 26.8. The summed E-state index contributed by atoms with van der Waals surface area (Å²) in [5, 5.41) is 0. The summed E-state index contributed by atoms with van der Waals surface area (Å²) >= 11 is 0. The highest BCUT2D eigenvalue weighted by Gasteiger charge is 2.19. The lowest BCUT2D eigenvalue weighted by Crippen LogP contribution is -2.43. The van der Waals surface area contributed by atoms with Crippen molar-refractivity contribution in [3.05, 3.63) is 0 Å². The lowest BCUT2D eigenvalue weighted by molar-refractivity contribution is 0.00575. The minimum Gasteiger partial charge on any atom is -0.367 e. The van der Waals surface area contributed by atoms with Crippen LogP contribution in [0.15, 0.2) is 0 Å². The van der Waals surface area contributed by atoms with Crippen LogP contribution < -0.4 is 0 Å². The van der Waals surface area contributed by atoms with Crippen molar-refractivity contribution < 1.29 is 9.53 Å². The van der Waals surface area contributed by atoms with Gasteiger partial charge in [0.15, 0.2) is 0 Å². The first-order valence-corrected chi connectivity index (χ1v) is 4.08. The Kier molecular flexibility index (Phi) is 3.52. The molecule has 0 saturated carbocycles. The van der Waals surface area contributed by atoms with Gasteiger partial charge in [-0.2, -0.15) is 0 Å². The molecule has 1 rings (SSSR count). The standard InChI is InChI=1S/C8H14NO2/c1-2-3-9-4-5-11-8(6-9)7-10/h8H,2-6H2,1H3. The summed E-state index contributed by atoms with van der Waals surface area (Å²) in [6.45, 7) is 5.53. The van der Waals surface area contributed by atoms with Crippen molar-refractivity contribution in [1.29, 1.82) is 0 Å². The summed E-state index contributed by atoms with van der Waals surface area (Å²) in [5.74, 6) is 0. The Morgan fingerprint density at radius 1 is 1.73 bits per heavy atom. The van der Waals surface area contributed by atoms with Gasteiger partial charge in [-0.25, -0.2) is 0 Å². The quantitative estimate of drug-likeness (QED) is 0.585. The molecule has 0 spiro atoms. The van der Waals surface area contributed by atoms with Crippen molar-refractivity contribution in [2.45, 2.75) is 19.4 Å². The number of carbonyl (C=O) groups excluding carboxylic acids is 1. The number of hydrogen-bond acceptors (Lipinski definition) is 3. The van der Waals surface area contributed by atoms with Gasteiger partial charge in [-0.15, -0.1) is 0 Å². The van der Waals surface area contributed by atoms with E-state index in [-0.39, 0.29) is 6.10 Å². The fourth-order valence-electron chi connectivity index (χ4n) is 1.29. The molecule has 1 aliphatic rings. The monoisotopic (exact) mass is 156 g/mol. The van der Waals surface area contributed by atoms with Gasteiger partial charge in [-0.1, -0.05) is 6.92 Å². The molecule has 1 saturated heterocycles. The van der Waals surface area contributed by atoms with Gasteiger partial charge < -0.3 is 4.74 Å². The van der Waals surface area contributed by atoms with Crippen LogP contribution in [0.1, 0.15) is 13.3 Å². The molecule has 3 heteroatoms. The lowest BCUT2D eigenvalue weighted by atomic mass is 10.3. The summed E-state index contributed by atoms with van der Waals surface area (Å²) < 4.78 is 5.14. The van der Waals surface area contributed by atoms with E-state index in [1.165, 1.54) is 0 Å². The molecule has 0 aromatic heterocycles. The Morgan fingerprint density at radius 2 is 2.55 bits per heavy atom. The van der Waals surface area contributed by atoms with Crippen LogP contribution in [-0.4, -0.2) is 43.5 Å². The fraction of sp³-hybridized carbons (Fsp3) is 0.875. The zero-order chi connectivity index (χ0) is 8.10. The van der Waals surface area contributed by atoms with E-state index in [1.807, 2.05) is 6.29 Å². The van der Waals surface area contributed by atoms with Crippen LogP contribution in [0.25, 0.3) is 0 Å². The van der Waals surface area contributed by atoms with E-state index in [0.717, 1.165) is 26.1 Å². The minimum atomic E-state index is -0.310. The maximum Gasteiger partial charge on any atom is 0.231 e. The molecule has 1 radical (unpaired) electrons. The summed E-state index contributed by atoms with van der Waals surface area (Å²) in [6, 6.07) is 0. The molecule has 63 valence electrons. The maximum absolute atomic E-state index is 10.2. The molecule has 11 heavy (non-hydrogen) atoms. The van der Waals surface area contributed by atoms with E-state index >= 15 is 0 Å². The van der Waals surface area contributed by atoms with Crippen LogP contribution in [0.5, 0.6) is 0 Å². The summed E-state index contributed by atoms with van der Waals surface area (Å²) in [4.78, 5) is 12.5. The van der Waals surface area contributed by atoms with Gasteiger partial charge in [-0.05, 0) is 13.0 Å². The van der Waals surface area contributed by atoms with Crippen LogP contribution in [0, 0.1) is 0 Å².